The molecular formula is C21H27NO2. The van der Waals surface area contributed by atoms with Crippen LogP contribution in [0.4, 0.5) is 0 Å². The highest BCUT2D eigenvalue weighted by atomic mass is 16.5. The lowest BCUT2D eigenvalue weighted by Crippen LogP contribution is -2.32. The largest absolute Gasteiger partial charge is 0.466 e. The molecule has 0 bridgehead atoms. The molecule has 3 nitrogen and oxygen atoms in total. The molecular weight excluding hydrogens is 298 g/mol. The Morgan fingerprint density at radius 1 is 1.08 bits per heavy atom. The van der Waals surface area contributed by atoms with Crippen molar-refractivity contribution < 1.29 is 9.53 Å². The van der Waals surface area contributed by atoms with Crippen molar-refractivity contribution in [3.05, 3.63) is 48.0 Å². The van der Waals surface area contributed by atoms with E-state index in [1.807, 2.05) is 25.1 Å². The van der Waals surface area contributed by atoms with Crippen molar-refractivity contribution in [2.75, 3.05) is 26.2 Å². The molecule has 0 radical (unpaired) electrons. The molecule has 0 N–H and O–H groups in total. The van der Waals surface area contributed by atoms with E-state index in [9.17, 15) is 4.79 Å². The number of fused-ring (bicyclic) bond motifs is 1. The molecule has 1 heterocycles. The number of carbonyl (C=O) groups excluding carboxylic acids is 1. The molecule has 3 heteroatoms. The highest BCUT2D eigenvalue weighted by Gasteiger charge is 2.25. The minimum atomic E-state index is -0.182. The van der Waals surface area contributed by atoms with Crippen LogP contribution in [0.1, 0.15) is 44.1 Å². The Balaban J connectivity index is 1.84. The monoisotopic (exact) mass is 325 g/mol. The molecule has 0 amide bonds. The molecule has 1 unspecified atom stereocenters. The van der Waals surface area contributed by atoms with Crippen molar-refractivity contribution in [1.29, 1.82) is 0 Å². The van der Waals surface area contributed by atoms with Crippen molar-refractivity contribution in [3.63, 3.8) is 0 Å². The average Bonchev–Trinajstić information content (AvgIpc) is 2.63. The molecule has 1 aliphatic rings. The fourth-order valence-corrected chi connectivity index (χ4v) is 3.69. The summed E-state index contributed by atoms with van der Waals surface area (Å²) >= 11 is 0. The van der Waals surface area contributed by atoms with Gasteiger partial charge in [-0.25, -0.2) is 0 Å². The molecule has 1 saturated heterocycles. The van der Waals surface area contributed by atoms with E-state index in [2.05, 4.69) is 29.2 Å². The van der Waals surface area contributed by atoms with Crippen molar-refractivity contribution in [1.82, 2.24) is 4.90 Å². The highest BCUT2D eigenvalue weighted by molar-refractivity contribution is 5.91. The van der Waals surface area contributed by atoms with Gasteiger partial charge >= 0.3 is 5.97 Å². The summed E-state index contributed by atoms with van der Waals surface area (Å²) in [5, 5.41) is 2.35. The summed E-state index contributed by atoms with van der Waals surface area (Å²) in [6.45, 7) is 5.59. The summed E-state index contributed by atoms with van der Waals surface area (Å²) in [5.74, 6) is -0.274. The van der Waals surface area contributed by atoms with Crippen LogP contribution in [0.2, 0.25) is 0 Å². The van der Waals surface area contributed by atoms with Gasteiger partial charge in [-0.05, 0) is 62.2 Å². The molecule has 0 spiro atoms. The van der Waals surface area contributed by atoms with Crippen LogP contribution >= 0.6 is 0 Å². The fraction of sp³-hybridized carbons (Fsp3) is 0.476. The summed E-state index contributed by atoms with van der Waals surface area (Å²) in [7, 11) is 0. The SMILES string of the molecule is CCOC(=O)C(CCN1CCCCC1)c1cccc2ccccc12. The Morgan fingerprint density at radius 3 is 2.62 bits per heavy atom. The normalized spacial score (nSPS) is 16.9. The number of likely N-dealkylation sites (tertiary alicyclic amines) is 1. The summed E-state index contributed by atoms with van der Waals surface area (Å²) in [6, 6.07) is 14.5. The summed E-state index contributed by atoms with van der Waals surface area (Å²) in [5.41, 5.74) is 1.10. The third-order valence-corrected chi connectivity index (χ3v) is 4.95. The van der Waals surface area contributed by atoms with Gasteiger partial charge in [0.1, 0.15) is 0 Å². The lowest BCUT2D eigenvalue weighted by Gasteiger charge is -2.28. The van der Waals surface area contributed by atoms with Crippen LogP contribution in [0.25, 0.3) is 10.8 Å². The zero-order chi connectivity index (χ0) is 16.8. The number of hydrogen-bond acceptors (Lipinski definition) is 3. The van der Waals surface area contributed by atoms with E-state index < -0.39 is 0 Å². The molecule has 0 saturated carbocycles. The van der Waals surface area contributed by atoms with Crippen LogP contribution in [-0.2, 0) is 9.53 Å². The van der Waals surface area contributed by atoms with E-state index in [1.54, 1.807) is 0 Å². The minimum absolute atomic E-state index is 0.0918. The number of piperidine rings is 1. The van der Waals surface area contributed by atoms with Crippen LogP contribution in [0.15, 0.2) is 42.5 Å². The zero-order valence-electron chi connectivity index (χ0n) is 14.5. The van der Waals surface area contributed by atoms with E-state index in [0.29, 0.717) is 6.61 Å². The number of hydrogen-bond donors (Lipinski definition) is 0. The second-order valence-electron chi connectivity index (χ2n) is 6.56. The molecule has 24 heavy (non-hydrogen) atoms. The van der Waals surface area contributed by atoms with E-state index in [-0.39, 0.29) is 11.9 Å². The van der Waals surface area contributed by atoms with Gasteiger partial charge in [0.25, 0.3) is 0 Å². The molecule has 1 aliphatic heterocycles. The lowest BCUT2D eigenvalue weighted by atomic mass is 9.90. The molecule has 0 aromatic heterocycles. The van der Waals surface area contributed by atoms with Crippen LogP contribution in [0.3, 0.4) is 0 Å². The van der Waals surface area contributed by atoms with E-state index in [0.717, 1.165) is 37.0 Å². The summed E-state index contributed by atoms with van der Waals surface area (Å²) in [6.07, 6.45) is 4.71. The lowest BCUT2D eigenvalue weighted by molar-refractivity contribution is -0.145. The van der Waals surface area contributed by atoms with Gasteiger partial charge in [-0.15, -0.1) is 0 Å². The first-order valence-corrected chi connectivity index (χ1v) is 9.16. The molecule has 2 aromatic carbocycles. The van der Waals surface area contributed by atoms with Gasteiger partial charge in [-0.1, -0.05) is 48.9 Å². The van der Waals surface area contributed by atoms with Crippen LogP contribution in [0, 0.1) is 0 Å². The van der Waals surface area contributed by atoms with Gasteiger partial charge in [-0.2, -0.15) is 0 Å². The minimum Gasteiger partial charge on any atom is -0.466 e. The number of esters is 1. The summed E-state index contributed by atoms with van der Waals surface area (Å²) in [4.78, 5) is 15.1. The molecule has 128 valence electrons. The molecule has 0 aliphatic carbocycles. The number of benzene rings is 2. The Morgan fingerprint density at radius 2 is 1.83 bits per heavy atom. The maximum atomic E-state index is 12.6. The third kappa shape index (κ3) is 3.96. The Bertz CT molecular complexity index is 671. The van der Waals surface area contributed by atoms with Crippen molar-refractivity contribution in [2.45, 2.75) is 38.5 Å². The first kappa shape index (κ1) is 17.0. The molecule has 1 fully saturated rings. The first-order valence-electron chi connectivity index (χ1n) is 9.16. The highest BCUT2D eigenvalue weighted by Crippen LogP contribution is 2.29. The average molecular weight is 325 g/mol. The zero-order valence-corrected chi connectivity index (χ0v) is 14.5. The fourth-order valence-electron chi connectivity index (χ4n) is 3.69. The predicted molar refractivity (Wildman–Crippen MR) is 98.2 cm³/mol. The third-order valence-electron chi connectivity index (χ3n) is 4.95. The van der Waals surface area contributed by atoms with E-state index in [1.165, 1.54) is 24.6 Å². The maximum absolute atomic E-state index is 12.6. The second-order valence-corrected chi connectivity index (χ2v) is 6.56. The van der Waals surface area contributed by atoms with E-state index in [4.69, 9.17) is 4.74 Å². The molecule has 1 atom stereocenters. The standard InChI is InChI=1S/C21H27NO2/c1-2-24-21(23)20(13-16-22-14-6-3-7-15-22)19-12-8-10-17-9-4-5-11-18(17)19/h4-5,8-12,20H,2-3,6-7,13-16H2,1H3. The number of ether oxygens (including phenoxy) is 1. The molecule has 2 aromatic rings. The van der Waals surface area contributed by atoms with E-state index >= 15 is 0 Å². The Hall–Kier alpha value is -1.87. The number of nitrogens with zero attached hydrogens (tertiary/aromatic N) is 1. The van der Waals surface area contributed by atoms with Crippen molar-refractivity contribution in [3.8, 4) is 0 Å². The van der Waals surface area contributed by atoms with Gasteiger partial charge in [0.05, 0.1) is 12.5 Å². The Labute approximate surface area is 144 Å². The number of carbonyl (C=O) groups is 1. The quantitative estimate of drug-likeness (QED) is 0.739. The smallest absolute Gasteiger partial charge is 0.313 e. The van der Waals surface area contributed by atoms with Crippen LogP contribution in [0.5, 0.6) is 0 Å². The maximum Gasteiger partial charge on any atom is 0.313 e. The van der Waals surface area contributed by atoms with Crippen LogP contribution in [-0.4, -0.2) is 37.1 Å². The van der Waals surface area contributed by atoms with Gasteiger partial charge in [0.15, 0.2) is 0 Å². The van der Waals surface area contributed by atoms with Crippen molar-refractivity contribution >= 4 is 16.7 Å². The van der Waals surface area contributed by atoms with Crippen molar-refractivity contribution in [2.24, 2.45) is 0 Å². The molecule has 3 rings (SSSR count). The second kappa shape index (κ2) is 8.29. The van der Waals surface area contributed by atoms with Gasteiger partial charge < -0.3 is 9.64 Å². The summed E-state index contributed by atoms with van der Waals surface area (Å²) < 4.78 is 5.39. The van der Waals surface area contributed by atoms with Crippen LogP contribution < -0.4 is 0 Å². The predicted octanol–water partition coefficient (Wildman–Crippen LogP) is 4.36. The topological polar surface area (TPSA) is 29.5 Å². The Kier molecular flexibility index (Phi) is 5.86. The van der Waals surface area contributed by atoms with Gasteiger partial charge in [0, 0.05) is 0 Å². The first-order chi connectivity index (χ1) is 11.8. The van der Waals surface area contributed by atoms with Gasteiger partial charge in [-0.3, -0.25) is 4.79 Å². The number of rotatable bonds is 6. The van der Waals surface area contributed by atoms with Gasteiger partial charge in [0.2, 0.25) is 0 Å².